The molecule has 0 aliphatic carbocycles. The largest absolute Gasteiger partial charge is 0.497 e. The van der Waals surface area contributed by atoms with Gasteiger partial charge in [0.1, 0.15) is 11.5 Å². The number of anilines is 1. The monoisotopic (exact) mass is 370 g/mol. The molecular formula is C21H26N2O4. The van der Waals surface area contributed by atoms with Gasteiger partial charge in [-0.3, -0.25) is 9.59 Å². The van der Waals surface area contributed by atoms with Crippen molar-refractivity contribution in [2.45, 2.75) is 20.3 Å². The van der Waals surface area contributed by atoms with Gasteiger partial charge in [0.2, 0.25) is 0 Å². The van der Waals surface area contributed by atoms with Gasteiger partial charge in [0.05, 0.1) is 19.3 Å². The Hall–Kier alpha value is -3.02. The maximum atomic E-state index is 12.8. The van der Waals surface area contributed by atoms with Crippen molar-refractivity contribution in [1.82, 2.24) is 4.90 Å². The number of carbonyl (C=O) groups excluding carboxylic acids is 2. The van der Waals surface area contributed by atoms with Crippen LogP contribution in [0.2, 0.25) is 0 Å². The number of aryl methyl sites for hydroxylation is 1. The van der Waals surface area contributed by atoms with Crippen molar-refractivity contribution in [3.05, 3.63) is 53.1 Å². The Bertz CT molecular complexity index is 831. The molecular weight excluding hydrogens is 344 g/mol. The molecule has 144 valence electrons. The average Bonchev–Trinajstić information content (AvgIpc) is 2.66. The lowest BCUT2D eigenvalue weighted by atomic mass is 10.1. The molecule has 6 nitrogen and oxygen atoms in total. The van der Waals surface area contributed by atoms with Crippen LogP contribution in [0.3, 0.4) is 0 Å². The first-order chi connectivity index (χ1) is 12.9. The van der Waals surface area contributed by atoms with Gasteiger partial charge in [-0.2, -0.15) is 0 Å². The summed E-state index contributed by atoms with van der Waals surface area (Å²) in [4.78, 5) is 26.5. The Kier molecular flexibility index (Phi) is 6.82. The number of amides is 2. The maximum absolute atomic E-state index is 12.8. The number of nitrogens with zero attached hydrogens (tertiary/aromatic N) is 1. The second-order valence-corrected chi connectivity index (χ2v) is 6.39. The number of methoxy groups -OCH3 is 1. The molecule has 2 amide bonds. The molecule has 1 N–H and O–H groups in total. The van der Waals surface area contributed by atoms with Gasteiger partial charge < -0.3 is 19.7 Å². The molecule has 27 heavy (non-hydrogen) atoms. The predicted octanol–water partition coefficient (Wildman–Crippen LogP) is 3.75. The zero-order valence-corrected chi connectivity index (χ0v) is 16.5. The van der Waals surface area contributed by atoms with Crippen LogP contribution in [0.4, 0.5) is 5.69 Å². The number of rotatable bonds is 7. The van der Waals surface area contributed by atoms with Gasteiger partial charge in [-0.15, -0.1) is 0 Å². The molecule has 0 spiro atoms. The number of benzene rings is 2. The van der Waals surface area contributed by atoms with E-state index < -0.39 is 0 Å². The standard InChI is InChI=1S/C21H26N2O4/c1-6-11-27-19-13-16(26-5)9-10-17(19)20(24)22-18-12-15(8-7-14(18)2)21(25)23(3)4/h7-10,12-13H,6,11H2,1-5H3,(H,22,24). The molecule has 2 aromatic rings. The molecule has 0 saturated carbocycles. The Morgan fingerprint density at radius 2 is 1.85 bits per heavy atom. The Morgan fingerprint density at radius 3 is 2.48 bits per heavy atom. The lowest BCUT2D eigenvalue weighted by Gasteiger charge is -2.15. The van der Waals surface area contributed by atoms with Crippen LogP contribution in [0.15, 0.2) is 36.4 Å². The lowest BCUT2D eigenvalue weighted by Crippen LogP contribution is -2.22. The third kappa shape index (κ3) is 5.00. The first kappa shape index (κ1) is 20.3. The van der Waals surface area contributed by atoms with E-state index in [0.29, 0.717) is 34.9 Å². The molecule has 0 radical (unpaired) electrons. The van der Waals surface area contributed by atoms with Crippen LogP contribution in [0, 0.1) is 6.92 Å². The number of nitrogens with one attached hydrogen (secondary N) is 1. The Balaban J connectivity index is 2.31. The number of hydrogen-bond acceptors (Lipinski definition) is 4. The summed E-state index contributed by atoms with van der Waals surface area (Å²) in [7, 11) is 4.94. The number of carbonyl (C=O) groups is 2. The van der Waals surface area contributed by atoms with Crippen molar-refractivity contribution in [3.8, 4) is 11.5 Å². The van der Waals surface area contributed by atoms with Crippen molar-refractivity contribution in [2.75, 3.05) is 33.1 Å². The molecule has 0 fully saturated rings. The van der Waals surface area contributed by atoms with E-state index in [9.17, 15) is 9.59 Å². The number of ether oxygens (including phenoxy) is 2. The quantitative estimate of drug-likeness (QED) is 0.806. The topological polar surface area (TPSA) is 67.9 Å². The maximum Gasteiger partial charge on any atom is 0.259 e. The van der Waals surface area contributed by atoms with E-state index >= 15 is 0 Å². The molecule has 6 heteroatoms. The minimum absolute atomic E-state index is 0.123. The van der Waals surface area contributed by atoms with Gasteiger partial charge in [-0.05, 0) is 43.2 Å². The van der Waals surface area contributed by atoms with Gasteiger partial charge in [0.15, 0.2) is 0 Å². The molecule has 2 aromatic carbocycles. The van der Waals surface area contributed by atoms with Gasteiger partial charge in [-0.1, -0.05) is 13.0 Å². The first-order valence-electron chi connectivity index (χ1n) is 8.81. The molecule has 0 saturated heterocycles. The van der Waals surface area contributed by atoms with Crippen molar-refractivity contribution in [2.24, 2.45) is 0 Å². The van der Waals surface area contributed by atoms with E-state index in [1.54, 1.807) is 51.5 Å². The minimum Gasteiger partial charge on any atom is -0.497 e. The van der Waals surface area contributed by atoms with Crippen molar-refractivity contribution in [3.63, 3.8) is 0 Å². The van der Waals surface area contributed by atoms with Gasteiger partial charge in [0.25, 0.3) is 11.8 Å². The smallest absolute Gasteiger partial charge is 0.259 e. The van der Waals surface area contributed by atoms with Crippen molar-refractivity contribution < 1.29 is 19.1 Å². The van der Waals surface area contributed by atoms with E-state index in [1.165, 1.54) is 4.90 Å². The average molecular weight is 370 g/mol. The molecule has 0 unspecified atom stereocenters. The molecule has 0 aromatic heterocycles. The van der Waals surface area contributed by atoms with E-state index in [1.807, 2.05) is 19.9 Å². The zero-order chi connectivity index (χ0) is 20.0. The highest BCUT2D eigenvalue weighted by molar-refractivity contribution is 6.07. The van der Waals surface area contributed by atoms with Crippen LogP contribution in [0.25, 0.3) is 0 Å². The zero-order valence-electron chi connectivity index (χ0n) is 16.5. The SMILES string of the molecule is CCCOc1cc(OC)ccc1C(=O)Nc1cc(C(=O)N(C)C)ccc1C. The molecule has 0 aliphatic rings. The van der Waals surface area contributed by atoms with Gasteiger partial charge >= 0.3 is 0 Å². The summed E-state index contributed by atoms with van der Waals surface area (Å²) >= 11 is 0. The van der Waals surface area contributed by atoms with Crippen molar-refractivity contribution >= 4 is 17.5 Å². The van der Waals surface area contributed by atoms with E-state index in [2.05, 4.69) is 5.32 Å². The second kappa shape index (κ2) is 9.07. The van der Waals surface area contributed by atoms with Crippen LogP contribution in [0.5, 0.6) is 11.5 Å². The van der Waals surface area contributed by atoms with Crippen LogP contribution < -0.4 is 14.8 Å². The van der Waals surface area contributed by atoms with Crippen LogP contribution in [-0.2, 0) is 0 Å². The minimum atomic E-state index is -0.304. The summed E-state index contributed by atoms with van der Waals surface area (Å²) in [6, 6.07) is 10.3. The number of hydrogen-bond donors (Lipinski definition) is 1. The van der Waals surface area contributed by atoms with E-state index in [4.69, 9.17) is 9.47 Å². The van der Waals surface area contributed by atoms with Crippen LogP contribution in [0.1, 0.15) is 39.6 Å². The summed E-state index contributed by atoms with van der Waals surface area (Å²) in [6.45, 7) is 4.37. The van der Waals surface area contributed by atoms with E-state index in [0.717, 1.165) is 12.0 Å². The summed E-state index contributed by atoms with van der Waals surface area (Å²) in [5.74, 6) is 0.655. The summed E-state index contributed by atoms with van der Waals surface area (Å²) in [6.07, 6.45) is 0.825. The first-order valence-corrected chi connectivity index (χ1v) is 8.81. The van der Waals surface area contributed by atoms with Crippen LogP contribution in [-0.4, -0.2) is 44.5 Å². The fraction of sp³-hybridized carbons (Fsp3) is 0.333. The van der Waals surface area contributed by atoms with Crippen LogP contribution >= 0.6 is 0 Å². The fourth-order valence-electron chi connectivity index (χ4n) is 2.49. The Morgan fingerprint density at radius 1 is 1.11 bits per heavy atom. The second-order valence-electron chi connectivity index (χ2n) is 6.39. The lowest BCUT2D eigenvalue weighted by molar-refractivity contribution is 0.0827. The predicted molar refractivity (Wildman–Crippen MR) is 106 cm³/mol. The molecule has 0 heterocycles. The molecule has 2 rings (SSSR count). The summed E-state index contributed by atoms with van der Waals surface area (Å²) in [5.41, 5.74) is 2.37. The highest BCUT2D eigenvalue weighted by Crippen LogP contribution is 2.27. The van der Waals surface area contributed by atoms with E-state index in [-0.39, 0.29) is 11.8 Å². The summed E-state index contributed by atoms with van der Waals surface area (Å²) < 4.78 is 10.9. The third-order valence-corrected chi connectivity index (χ3v) is 4.03. The fourth-order valence-corrected chi connectivity index (χ4v) is 2.49. The molecule has 0 aliphatic heterocycles. The molecule has 0 atom stereocenters. The Labute approximate surface area is 160 Å². The van der Waals surface area contributed by atoms with Gasteiger partial charge in [-0.25, -0.2) is 0 Å². The summed E-state index contributed by atoms with van der Waals surface area (Å²) in [5, 5.41) is 2.88. The highest BCUT2D eigenvalue weighted by atomic mass is 16.5. The molecule has 0 bridgehead atoms. The highest BCUT2D eigenvalue weighted by Gasteiger charge is 2.16. The van der Waals surface area contributed by atoms with Crippen molar-refractivity contribution in [1.29, 1.82) is 0 Å². The third-order valence-electron chi connectivity index (χ3n) is 4.03. The normalized spacial score (nSPS) is 10.3. The van der Waals surface area contributed by atoms with Gasteiger partial charge in [0, 0.05) is 31.4 Å².